The maximum absolute atomic E-state index is 13.7. The summed E-state index contributed by atoms with van der Waals surface area (Å²) in [6.45, 7) is 1.84. The van der Waals surface area contributed by atoms with E-state index >= 15 is 0 Å². The summed E-state index contributed by atoms with van der Waals surface area (Å²) in [6.07, 6.45) is 2.98. The molecule has 0 aliphatic heterocycles. The smallest absolute Gasteiger partial charge is 0.343 e. The minimum absolute atomic E-state index is 0.0415. The van der Waals surface area contributed by atoms with E-state index in [0.29, 0.717) is 5.52 Å². The number of fused-ring (bicyclic) bond motifs is 1. The quantitative estimate of drug-likeness (QED) is 0.818. The van der Waals surface area contributed by atoms with Crippen LogP contribution in [0.25, 0.3) is 5.52 Å². The Morgan fingerprint density at radius 1 is 1.48 bits per heavy atom. The number of nitrogens with zero attached hydrogens (tertiary/aromatic N) is 1. The number of pyridine rings is 2. The molecule has 2 aromatic heterocycles. The maximum atomic E-state index is 13.7. The molecule has 0 saturated heterocycles. The fraction of sp³-hybridized carbons (Fsp3) is 0.333. The second kappa shape index (κ2) is 5.15. The van der Waals surface area contributed by atoms with E-state index in [4.69, 9.17) is 16.3 Å². The first-order chi connectivity index (χ1) is 10.0. The second-order valence-corrected chi connectivity index (χ2v) is 5.45. The fourth-order valence-corrected chi connectivity index (χ4v) is 2.54. The molecular formula is C15H13ClFNO3. The molecule has 0 bridgehead atoms. The Labute approximate surface area is 125 Å². The van der Waals surface area contributed by atoms with E-state index in [0.717, 1.165) is 29.0 Å². The van der Waals surface area contributed by atoms with Crippen LogP contribution in [0.15, 0.2) is 23.1 Å². The molecule has 0 N–H and O–H groups in total. The fourth-order valence-electron chi connectivity index (χ4n) is 2.39. The van der Waals surface area contributed by atoms with Crippen molar-refractivity contribution in [1.82, 2.24) is 4.40 Å². The number of esters is 1. The molecule has 110 valence electrons. The molecule has 0 unspecified atom stereocenters. The van der Waals surface area contributed by atoms with Crippen LogP contribution in [-0.4, -0.2) is 17.0 Å². The molecule has 0 spiro atoms. The molecule has 2 heterocycles. The van der Waals surface area contributed by atoms with Crippen molar-refractivity contribution in [1.29, 1.82) is 0 Å². The molecule has 0 amide bonds. The van der Waals surface area contributed by atoms with Gasteiger partial charge in [0.15, 0.2) is 5.82 Å². The van der Waals surface area contributed by atoms with Crippen LogP contribution in [0.4, 0.5) is 4.39 Å². The molecule has 1 aliphatic rings. The Hall–Kier alpha value is -1.88. The summed E-state index contributed by atoms with van der Waals surface area (Å²) in [6, 6.07) is 2.99. The molecule has 1 aliphatic carbocycles. The van der Waals surface area contributed by atoms with Gasteiger partial charge in [-0.3, -0.25) is 9.20 Å². The lowest BCUT2D eigenvalue weighted by atomic mass is 10.1. The third-order valence-electron chi connectivity index (χ3n) is 3.55. The Balaban J connectivity index is 2.31. The summed E-state index contributed by atoms with van der Waals surface area (Å²) in [7, 11) is 0. The molecule has 0 atom stereocenters. The van der Waals surface area contributed by atoms with Gasteiger partial charge >= 0.3 is 5.97 Å². The van der Waals surface area contributed by atoms with Crippen molar-refractivity contribution in [3.05, 3.63) is 50.7 Å². The number of ether oxygens (including phenoxy) is 1. The number of halogens is 2. The topological polar surface area (TPSA) is 47.8 Å². The van der Waals surface area contributed by atoms with Crippen LogP contribution in [0.3, 0.4) is 0 Å². The number of rotatable bonds is 3. The zero-order chi connectivity index (χ0) is 15.1. The Kier molecular flexibility index (Phi) is 3.45. The highest BCUT2D eigenvalue weighted by Gasteiger charge is 2.29. The number of hydrogen-bond donors (Lipinski definition) is 0. The van der Waals surface area contributed by atoms with Crippen LogP contribution < -0.4 is 5.56 Å². The minimum Gasteiger partial charge on any atom is -0.462 e. The first-order valence-electron chi connectivity index (χ1n) is 6.74. The number of carbonyl (C=O) groups is 1. The van der Waals surface area contributed by atoms with Gasteiger partial charge in [-0.15, -0.1) is 0 Å². The van der Waals surface area contributed by atoms with Gasteiger partial charge in [-0.2, -0.15) is 0 Å². The largest absolute Gasteiger partial charge is 0.462 e. The highest BCUT2D eigenvalue weighted by atomic mass is 35.5. The summed E-state index contributed by atoms with van der Waals surface area (Å²) in [5, 5.41) is -0.0415. The average Bonchev–Trinajstić information content (AvgIpc) is 3.26. The van der Waals surface area contributed by atoms with Crippen LogP contribution in [0.5, 0.6) is 0 Å². The SMILES string of the molecule is CCOC(=O)c1cc(C2CC2)c2cc(Cl)c(F)cn2c1=O. The van der Waals surface area contributed by atoms with E-state index in [-0.39, 0.29) is 23.1 Å². The van der Waals surface area contributed by atoms with Gasteiger partial charge in [0.1, 0.15) is 5.56 Å². The molecule has 6 heteroatoms. The van der Waals surface area contributed by atoms with Crippen LogP contribution in [0, 0.1) is 5.82 Å². The van der Waals surface area contributed by atoms with Gasteiger partial charge in [-0.05, 0) is 43.4 Å². The highest BCUT2D eigenvalue weighted by molar-refractivity contribution is 6.31. The Bertz CT molecular complexity index is 796. The molecule has 21 heavy (non-hydrogen) atoms. The molecule has 1 saturated carbocycles. The van der Waals surface area contributed by atoms with Crippen LogP contribution in [0.2, 0.25) is 5.02 Å². The van der Waals surface area contributed by atoms with Crippen molar-refractivity contribution in [2.75, 3.05) is 6.61 Å². The second-order valence-electron chi connectivity index (χ2n) is 5.04. The monoisotopic (exact) mass is 309 g/mol. The molecular weight excluding hydrogens is 297 g/mol. The molecule has 0 radical (unpaired) electrons. The number of aromatic nitrogens is 1. The zero-order valence-electron chi connectivity index (χ0n) is 11.4. The van der Waals surface area contributed by atoms with E-state index < -0.39 is 17.3 Å². The minimum atomic E-state index is -0.700. The zero-order valence-corrected chi connectivity index (χ0v) is 12.1. The molecule has 1 fully saturated rings. The van der Waals surface area contributed by atoms with Crippen molar-refractivity contribution in [3.63, 3.8) is 0 Å². The maximum Gasteiger partial charge on any atom is 0.343 e. The lowest BCUT2D eigenvalue weighted by Gasteiger charge is -2.11. The standard InChI is InChI=1S/C15H13ClFNO3/c1-2-21-15(20)10-5-9(8-3-4-8)13-6-11(16)12(17)7-18(13)14(10)19/h5-8H,2-4H2,1H3. The molecule has 0 aromatic carbocycles. The predicted octanol–water partition coefficient (Wildman–Crippen LogP) is 3.15. The van der Waals surface area contributed by atoms with Gasteiger partial charge in [-0.25, -0.2) is 9.18 Å². The third-order valence-corrected chi connectivity index (χ3v) is 3.84. The van der Waals surface area contributed by atoms with Crippen molar-refractivity contribution < 1.29 is 13.9 Å². The van der Waals surface area contributed by atoms with Gasteiger partial charge < -0.3 is 4.74 Å². The van der Waals surface area contributed by atoms with Gasteiger partial charge in [-0.1, -0.05) is 11.6 Å². The van der Waals surface area contributed by atoms with Crippen molar-refractivity contribution in [3.8, 4) is 0 Å². The van der Waals surface area contributed by atoms with E-state index in [2.05, 4.69) is 0 Å². The average molecular weight is 310 g/mol. The highest BCUT2D eigenvalue weighted by Crippen LogP contribution is 2.42. The molecule has 3 rings (SSSR count). The Morgan fingerprint density at radius 3 is 2.81 bits per heavy atom. The predicted molar refractivity (Wildman–Crippen MR) is 76.6 cm³/mol. The van der Waals surface area contributed by atoms with E-state index in [1.54, 1.807) is 13.0 Å². The molecule has 4 nitrogen and oxygen atoms in total. The van der Waals surface area contributed by atoms with E-state index in [1.807, 2.05) is 0 Å². The Morgan fingerprint density at radius 2 is 2.19 bits per heavy atom. The van der Waals surface area contributed by atoms with Crippen molar-refractivity contribution in [2.45, 2.75) is 25.7 Å². The van der Waals surface area contributed by atoms with Gasteiger partial charge in [0.2, 0.25) is 0 Å². The number of hydrogen-bond acceptors (Lipinski definition) is 3. The first kappa shape index (κ1) is 14.1. The third kappa shape index (κ3) is 2.42. The summed E-state index contributed by atoms with van der Waals surface area (Å²) < 4.78 is 19.7. The van der Waals surface area contributed by atoms with Gasteiger partial charge in [0.25, 0.3) is 5.56 Å². The van der Waals surface area contributed by atoms with Crippen molar-refractivity contribution >= 4 is 23.1 Å². The first-order valence-corrected chi connectivity index (χ1v) is 7.12. The lowest BCUT2D eigenvalue weighted by molar-refractivity contribution is 0.0524. The lowest BCUT2D eigenvalue weighted by Crippen LogP contribution is -2.24. The van der Waals surface area contributed by atoms with Crippen LogP contribution >= 0.6 is 11.6 Å². The normalized spacial score (nSPS) is 14.4. The molecule has 2 aromatic rings. The van der Waals surface area contributed by atoms with E-state index in [9.17, 15) is 14.0 Å². The van der Waals surface area contributed by atoms with Crippen LogP contribution in [-0.2, 0) is 4.74 Å². The summed E-state index contributed by atoms with van der Waals surface area (Å²) >= 11 is 5.81. The van der Waals surface area contributed by atoms with Crippen molar-refractivity contribution in [2.24, 2.45) is 0 Å². The van der Waals surface area contributed by atoms with Gasteiger partial charge in [0, 0.05) is 6.20 Å². The van der Waals surface area contributed by atoms with E-state index in [1.165, 1.54) is 6.07 Å². The summed E-state index contributed by atoms with van der Waals surface area (Å²) in [5.41, 5.74) is 0.711. The van der Waals surface area contributed by atoms with Crippen LogP contribution in [0.1, 0.15) is 41.6 Å². The number of carbonyl (C=O) groups excluding carboxylic acids is 1. The summed E-state index contributed by atoms with van der Waals surface area (Å²) in [5.74, 6) is -1.11. The summed E-state index contributed by atoms with van der Waals surface area (Å²) in [4.78, 5) is 24.3. The van der Waals surface area contributed by atoms with Gasteiger partial charge in [0.05, 0.1) is 17.1 Å².